The third kappa shape index (κ3) is 4.55. The van der Waals surface area contributed by atoms with Gasteiger partial charge in [-0.2, -0.15) is 0 Å². The van der Waals surface area contributed by atoms with E-state index in [0.29, 0.717) is 0 Å². The van der Waals surface area contributed by atoms with Crippen molar-refractivity contribution in [2.75, 3.05) is 19.3 Å². The summed E-state index contributed by atoms with van der Waals surface area (Å²) in [6.07, 6.45) is 2.52. The summed E-state index contributed by atoms with van der Waals surface area (Å²) in [5.41, 5.74) is 8.58. The molecule has 0 fully saturated rings. The van der Waals surface area contributed by atoms with Gasteiger partial charge in [-0.3, -0.25) is 0 Å². The third-order valence-electron chi connectivity index (χ3n) is 3.91. The van der Waals surface area contributed by atoms with Gasteiger partial charge >= 0.3 is 0 Å². The molecular weight excluding hydrogens is 312 g/mol. The van der Waals surface area contributed by atoms with Crippen LogP contribution in [0.5, 0.6) is 5.75 Å². The minimum atomic E-state index is -0.0145. The zero-order valence-electron chi connectivity index (χ0n) is 14.2. The highest BCUT2D eigenvalue weighted by Gasteiger charge is 2.13. The van der Waals surface area contributed by atoms with Crippen LogP contribution in [0.15, 0.2) is 66.9 Å². The molecule has 0 radical (unpaired) electrons. The van der Waals surface area contributed by atoms with Gasteiger partial charge in [0.2, 0.25) is 5.95 Å². The molecular formula is C20H22N4O. The first-order valence-corrected chi connectivity index (χ1v) is 8.31. The van der Waals surface area contributed by atoms with Crippen LogP contribution in [0.25, 0.3) is 11.3 Å². The molecule has 25 heavy (non-hydrogen) atoms. The Bertz CT molecular complexity index is 808. The fourth-order valence-corrected chi connectivity index (χ4v) is 2.66. The van der Waals surface area contributed by atoms with Crippen molar-refractivity contribution in [2.24, 2.45) is 0 Å². The fourth-order valence-electron chi connectivity index (χ4n) is 2.66. The van der Waals surface area contributed by atoms with Gasteiger partial charge in [0.05, 0.1) is 5.69 Å². The quantitative estimate of drug-likeness (QED) is 0.692. The molecule has 1 atom stereocenters. The van der Waals surface area contributed by atoms with Crippen LogP contribution < -0.4 is 15.8 Å². The van der Waals surface area contributed by atoms with Crippen LogP contribution in [0, 0.1) is 0 Å². The first kappa shape index (κ1) is 16.9. The van der Waals surface area contributed by atoms with Crippen molar-refractivity contribution in [3.05, 3.63) is 72.4 Å². The van der Waals surface area contributed by atoms with E-state index in [1.165, 1.54) is 0 Å². The molecule has 0 amide bonds. The molecule has 128 valence electrons. The molecule has 0 aliphatic rings. The number of ether oxygens (including phenoxy) is 1. The number of hydrogen-bond acceptors (Lipinski definition) is 5. The molecule has 0 saturated carbocycles. The largest absolute Gasteiger partial charge is 0.486 e. The van der Waals surface area contributed by atoms with E-state index in [1.54, 1.807) is 6.20 Å². The normalized spacial score (nSPS) is 11.9. The highest BCUT2D eigenvalue weighted by atomic mass is 16.5. The van der Waals surface area contributed by atoms with Crippen molar-refractivity contribution in [1.82, 2.24) is 15.3 Å². The Hall–Kier alpha value is -2.92. The zero-order valence-corrected chi connectivity index (χ0v) is 14.2. The number of anilines is 1. The fraction of sp³-hybridized carbons (Fsp3) is 0.200. The highest BCUT2D eigenvalue weighted by molar-refractivity contribution is 5.61. The molecule has 0 aliphatic heterocycles. The van der Waals surface area contributed by atoms with Crippen molar-refractivity contribution >= 4 is 5.95 Å². The van der Waals surface area contributed by atoms with Gasteiger partial charge in [-0.15, -0.1) is 0 Å². The van der Waals surface area contributed by atoms with Gasteiger partial charge in [0.1, 0.15) is 11.9 Å². The lowest BCUT2D eigenvalue weighted by Crippen LogP contribution is -2.16. The topological polar surface area (TPSA) is 73.1 Å². The number of hydrogen-bond donors (Lipinski definition) is 2. The lowest BCUT2D eigenvalue weighted by Gasteiger charge is -2.20. The van der Waals surface area contributed by atoms with E-state index in [1.807, 2.05) is 55.6 Å². The number of rotatable bonds is 7. The van der Waals surface area contributed by atoms with Crippen molar-refractivity contribution in [2.45, 2.75) is 12.5 Å². The maximum atomic E-state index is 6.28. The lowest BCUT2D eigenvalue weighted by molar-refractivity contribution is 0.195. The van der Waals surface area contributed by atoms with Gasteiger partial charge < -0.3 is 15.8 Å². The molecule has 0 aliphatic carbocycles. The van der Waals surface area contributed by atoms with Gasteiger partial charge in [-0.25, -0.2) is 9.97 Å². The molecule has 3 aromatic rings. The number of nitrogen functional groups attached to an aromatic ring is 1. The van der Waals surface area contributed by atoms with E-state index >= 15 is 0 Å². The third-order valence-corrected chi connectivity index (χ3v) is 3.91. The molecule has 5 heteroatoms. The van der Waals surface area contributed by atoms with E-state index in [-0.39, 0.29) is 12.1 Å². The molecule has 3 N–H and O–H groups in total. The summed E-state index contributed by atoms with van der Waals surface area (Å²) >= 11 is 0. The Balaban J connectivity index is 1.84. The Labute approximate surface area is 147 Å². The standard InChI is InChI=1S/C20H22N4O/c1-22-12-11-19(15-6-3-2-4-7-15)25-17-9-5-8-16(14-17)18-10-13-23-20(21)24-18/h2-10,13-14,19,22H,11-12H2,1H3,(H2,21,23,24)/t19-/m0/s1. The lowest BCUT2D eigenvalue weighted by atomic mass is 10.1. The Kier molecular flexibility index (Phi) is 5.59. The predicted molar refractivity (Wildman–Crippen MR) is 100 cm³/mol. The first-order valence-electron chi connectivity index (χ1n) is 8.31. The Morgan fingerprint density at radius 3 is 2.68 bits per heavy atom. The van der Waals surface area contributed by atoms with Crippen LogP contribution in [-0.4, -0.2) is 23.6 Å². The molecule has 0 unspecified atom stereocenters. The monoisotopic (exact) mass is 334 g/mol. The molecule has 2 aromatic carbocycles. The second kappa shape index (κ2) is 8.26. The smallest absolute Gasteiger partial charge is 0.220 e. The number of nitrogens with zero attached hydrogens (tertiary/aromatic N) is 2. The van der Waals surface area contributed by atoms with Crippen LogP contribution in [0.2, 0.25) is 0 Å². The summed E-state index contributed by atoms with van der Waals surface area (Å²) in [6, 6.07) is 20.0. The summed E-state index contributed by atoms with van der Waals surface area (Å²) in [5.74, 6) is 1.07. The van der Waals surface area contributed by atoms with Gasteiger partial charge in [-0.05, 0) is 37.4 Å². The van der Waals surface area contributed by atoms with E-state index in [4.69, 9.17) is 10.5 Å². The van der Waals surface area contributed by atoms with Crippen molar-refractivity contribution in [1.29, 1.82) is 0 Å². The molecule has 5 nitrogen and oxygen atoms in total. The van der Waals surface area contributed by atoms with Crippen molar-refractivity contribution < 1.29 is 4.74 Å². The average Bonchev–Trinajstić information content (AvgIpc) is 2.66. The SMILES string of the molecule is CNCC[C@H](Oc1cccc(-c2ccnc(N)n2)c1)c1ccccc1. The maximum Gasteiger partial charge on any atom is 0.220 e. The molecule has 0 saturated heterocycles. The zero-order chi connectivity index (χ0) is 17.5. The summed E-state index contributed by atoms with van der Waals surface area (Å²) in [6.45, 7) is 0.877. The van der Waals surface area contributed by atoms with Crippen LogP contribution in [-0.2, 0) is 0 Å². The minimum Gasteiger partial charge on any atom is -0.486 e. The van der Waals surface area contributed by atoms with Gasteiger partial charge in [0.15, 0.2) is 0 Å². The van der Waals surface area contributed by atoms with Crippen molar-refractivity contribution in [3.63, 3.8) is 0 Å². The van der Waals surface area contributed by atoms with Crippen LogP contribution in [0.3, 0.4) is 0 Å². The Morgan fingerprint density at radius 1 is 1.08 bits per heavy atom. The van der Waals surface area contributed by atoms with Gasteiger partial charge in [0, 0.05) is 18.2 Å². The number of nitrogens with two attached hydrogens (primary N) is 1. The van der Waals surface area contributed by atoms with Crippen LogP contribution >= 0.6 is 0 Å². The maximum absolute atomic E-state index is 6.28. The minimum absolute atomic E-state index is 0.0145. The second-order valence-corrected chi connectivity index (χ2v) is 5.74. The van der Waals surface area contributed by atoms with E-state index in [2.05, 4.69) is 27.4 Å². The highest BCUT2D eigenvalue weighted by Crippen LogP contribution is 2.28. The van der Waals surface area contributed by atoms with E-state index in [0.717, 1.165) is 35.5 Å². The second-order valence-electron chi connectivity index (χ2n) is 5.74. The van der Waals surface area contributed by atoms with E-state index in [9.17, 15) is 0 Å². The number of aromatic nitrogens is 2. The summed E-state index contributed by atoms with van der Waals surface area (Å²) in [4.78, 5) is 8.21. The van der Waals surface area contributed by atoms with Gasteiger partial charge in [-0.1, -0.05) is 42.5 Å². The molecule has 0 bridgehead atoms. The molecule has 1 heterocycles. The Morgan fingerprint density at radius 2 is 1.92 bits per heavy atom. The predicted octanol–water partition coefficient (Wildman–Crippen LogP) is 3.46. The number of benzene rings is 2. The molecule has 3 rings (SSSR count). The van der Waals surface area contributed by atoms with Crippen LogP contribution in [0.4, 0.5) is 5.95 Å². The first-order chi connectivity index (χ1) is 12.3. The summed E-state index contributed by atoms with van der Waals surface area (Å²) in [5, 5.41) is 3.19. The number of nitrogens with one attached hydrogen (secondary N) is 1. The van der Waals surface area contributed by atoms with Gasteiger partial charge in [0.25, 0.3) is 0 Å². The van der Waals surface area contributed by atoms with Crippen molar-refractivity contribution in [3.8, 4) is 17.0 Å². The summed E-state index contributed by atoms with van der Waals surface area (Å²) in [7, 11) is 1.95. The van der Waals surface area contributed by atoms with Crippen LogP contribution in [0.1, 0.15) is 18.1 Å². The van der Waals surface area contributed by atoms with E-state index < -0.39 is 0 Å². The average molecular weight is 334 g/mol. The molecule has 1 aromatic heterocycles. The summed E-state index contributed by atoms with van der Waals surface area (Å²) < 4.78 is 6.28. The molecule has 0 spiro atoms.